The Hall–Kier alpha value is -2.50. The highest BCUT2D eigenvalue weighted by Crippen LogP contribution is 2.43. The Kier molecular flexibility index (Phi) is 6.12. The number of hydrogen-bond acceptors (Lipinski definition) is 4. The molecule has 1 aromatic carbocycles. The molecule has 28 heavy (non-hydrogen) atoms. The van der Waals surface area contributed by atoms with Gasteiger partial charge < -0.3 is 15.4 Å². The van der Waals surface area contributed by atoms with Crippen LogP contribution in [-0.2, 0) is 0 Å². The van der Waals surface area contributed by atoms with Crippen LogP contribution in [0.5, 0.6) is 5.75 Å². The minimum Gasteiger partial charge on any atom is -0.497 e. The van der Waals surface area contributed by atoms with Crippen LogP contribution in [-0.4, -0.2) is 36.0 Å². The molecule has 12 heteroatoms. The molecule has 0 saturated carbocycles. The number of benzene rings is 1. The number of carbonyl (C=O) groups excluding carboxylic acids is 1. The number of amides is 1. The monoisotopic (exact) mass is 471 g/mol. The number of pyridine rings is 1. The van der Waals surface area contributed by atoms with Crippen LogP contribution in [0.4, 0.5) is 32.2 Å². The lowest BCUT2D eigenvalue weighted by atomic mass is 10.1. The Labute approximate surface area is 163 Å². The number of ether oxygens (including phenoxy) is 1. The van der Waals surface area contributed by atoms with Gasteiger partial charge in [0.25, 0.3) is 5.91 Å². The van der Waals surface area contributed by atoms with E-state index < -0.39 is 35.3 Å². The van der Waals surface area contributed by atoms with Gasteiger partial charge in [-0.05, 0) is 52.3 Å². The average molecular weight is 472 g/mol. The van der Waals surface area contributed by atoms with Crippen molar-refractivity contribution in [1.82, 2.24) is 10.3 Å². The third kappa shape index (κ3) is 4.49. The highest BCUT2D eigenvalue weighted by Gasteiger charge is 2.72. The molecule has 0 aliphatic rings. The summed E-state index contributed by atoms with van der Waals surface area (Å²) in [7, 11) is 1.31. The Bertz CT molecular complexity index is 808. The summed E-state index contributed by atoms with van der Waals surface area (Å²) in [6, 6.07) is 6.60. The molecule has 0 atom stereocenters. The van der Waals surface area contributed by atoms with Gasteiger partial charge in [0.15, 0.2) is 0 Å². The van der Waals surface area contributed by atoms with Crippen molar-refractivity contribution in [2.45, 2.75) is 18.0 Å². The van der Waals surface area contributed by atoms with Crippen molar-refractivity contribution in [2.24, 2.45) is 0 Å². The molecular weight excluding hydrogens is 460 g/mol. The summed E-state index contributed by atoms with van der Waals surface area (Å²) in [6.07, 6.45) is -10.9. The van der Waals surface area contributed by atoms with Crippen LogP contribution in [0, 0.1) is 0 Å². The zero-order valence-corrected chi connectivity index (χ0v) is 15.5. The zero-order chi connectivity index (χ0) is 21.2. The maximum Gasteiger partial charge on any atom is 0.439 e. The highest BCUT2D eigenvalue weighted by atomic mass is 79.9. The van der Waals surface area contributed by atoms with E-state index in [1.165, 1.54) is 30.6 Å². The molecule has 0 radical (unpaired) electrons. The summed E-state index contributed by atoms with van der Waals surface area (Å²) < 4.78 is 86.6. The molecule has 2 aromatic rings. The molecule has 0 aliphatic carbocycles. The standard InChI is InChI=1S/C16H12BrF6N3O2/c1-28-11-5-2-9(3-6-11)13(27)26-14(15(18,19)20,16(21,22)23)25-12-7-4-10(17)8-24-12/h2-8H,1H3,(H,24,25)(H,26,27). The van der Waals surface area contributed by atoms with E-state index in [0.717, 1.165) is 29.7 Å². The number of aromatic nitrogens is 1. The third-order valence-electron chi connectivity index (χ3n) is 3.55. The van der Waals surface area contributed by atoms with Crippen molar-refractivity contribution < 1.29 is 35.9 Å². The molecule has 0 aliphatic heterocycles. The van der Waals surface area contributed by atoms with Gasteiger partial charge in [-0.25, -0.2) is 4.98 Å². The first-order valence-corrected chi connectivity index (χ1v) is 8.18. The van der Waals surface area contributed by atoms with Crippen LogP contribution in [0.2, 0.25) is 0 Å². The first kappa shape index (κ1) is 21.8. The van der Waals surface area contributed by atoms with Crippen molar-refractivity contribution in [3.8, 4) is 5.75 Å². The highest BCUT2D eigenvalue weighted by molar-refractivity contribution is 9.10. The second-order valence-corrected chi connectivity index (χ2v) is 6.33. The van der Waals surface area contributed by atoms with E-state index in [-0.39, 0.29) is 5.75 Å². The van der Waals surface area contributed by atoms with Crippen molar-refractivity contribution in [1.29, 1.82) is 0 Å². The lowest BCUT2D eigenvalue weighted by Crippen LogP contribution is -2.72. The number of hydrogen-bond donors (Lipinski definition) is 2. The normalized spacial score (nSPS) is 12.4. The molecule has 0 spiro atoms. The van der Waals surface area contributed by atoms with Gasteiger partial charge in [-0.2, -0.15) is 26.3 Å². The first-order valence-electron chi connectivity index (χ1n) is 7.39. The number of nitrogens with one attached hydrogen (secondary N) is 2. The number of alkyl halides is 6. The smallest absolute Gasteiger partial charge is 0.439 e. The maximum atomic E-state index is 13.6. The van der Waals surface area contributed by atoms with Crippen molar-refractivity contribution in [3.05, 3.63) is 52.6 Å². The molecule has 152 valence electrons. The van der Waals surface area contributed by atoms with E-state index in [9.17, 15) is 31.1 Å². The van der Waals surface area contributed by atoms with Gasteiger partial charge >= 0.3 is 18.0 Å². The molecule has 5 nitrogen and oxygen atoms in total. The SMILES string of the molecule is COc1ccc(C(=O)NC(Nc2ccc(Br)cn2)(C(F)(F)F)C(F)(F)F)cc1. The maximum absolute atomic E-state index is 13.6. The largest absolute Gasteiger partial charge is 0.497 e. The second-order valence-electron chi connectivity index (χ2n) is 5.41. The van der Waals surface area contributed by atoms with E-state index in [4.69, 9.17) is 4.74 Å². The van der Waals surface area contributed by atoms with Crippen LogP contribution < -0.4 is 15.4 Å². The number of halogens is 7. The van der Waals surface area contributed by atoms with Crippen molar-refractivity contribution in [2.75, 3.05) is 12.4 Å². The number of nitrogens with zero attached hydrogens (tertiary/aromatic N) is 1. The van der Waals surface area contributed by atoms with Crippen molar-refractivity contribution in [3.63, 3.8) is 0 Å². The average Bonchev–Trinajstić information content (AvgIpc) is 2.61. The van der Waals surface area contributed by atoms with Gasteiger partial charge in [-0.1, -0.05) is 0 Å². The van der Waals surface area contributed by atoms with Crippen LogP contribution in [0.1, 0.15) is 10.4 Å². The fraction of sp³-hybridized carbons (Fsp3) is 0.250. The summed E-state index contributed by atoms with van der Waals surface area (Å²) in [5.74, 6) is -2.07. The molecule has 0 bridgehead atoms. The summed E-state index contributed by atoms with van der Waals surface area (Å²) in [4.78, 5) is 15.6. The summed E-state index contributed by atoms with van der Waals surface area (Å²) in [5.41, 5.74) is -5.19. The van der Waals surface area contributed by atoms with E-state index in [2.05, 4.69) is 20.9 Å². The van der Waals surface area contributed by atoms with Crippen molar-refractivity contribution >= 4 is 27.7 Å². The van der Waals surface area contributed by atoms with Gasteiger partial charge in [0.1, 0.15) is 11.6 Å². The Balaban J connectivity index is 2.46. The number of methoxy groups -OCH3 is 1. The number of rotatable bonds is 5. The molecule has 1 heterocycles. The van der Waals surface area contributed by atoms with E-state index in [1.54, 1.807) is 0 Å². The topological polar surface area (TPSA) is 63.2 Å². The first-order chi connectivity index (χ1) is 12.9. The molecule has 0 fully saturated rings. The number of anilines is 1. The fourth-order valence-electron chi connectivity index (χ4n) is 2.10. The minimum absolute atomic E-state index is 0.270. The second kappa shape index (κ2) is 7.86. The Morgan fingerprint density at radius 1 is 1.00 bits per heavy atom. The summed E-state index contributed by atoms with van der Waals surface area (Å²) in [5, 5.41) is 2.32. The van der Waals surface area contributed by atoms with Crippen LogP contribution in [0.3, 0.4) is 0 Å². The molecular formula is C16H12BrF6N3O2. The Morgan fingerprint density at radius 2 is 1.57 bits per heavy atom. The van der Waals surface area contributed by atoms with Gasteiger partial charge in [0, 0.05) is 16.2 Å². The molecule has 1 aromatic heterocycles. The summed E-state index contributed by atoms with van der Waals surface area (Å²) >= 11 is 2.97. The minimum atomic E-state index is -5.94. The van der Waals surface area contributed by atoms with Gasteiger partial charge in [-0.15, -0.1) is 0 Å². The van der Waals surface area contributed by atoms with Crippen LogP contribution in [0.15, 0.2) is 47.1 Å². The molecule has 1 amide bonds. The third-order valence-corrected chi connectivity index (χ3v) is 4.02. The van der Waals surface area contributed by atoms with Crippen LogP contribution >= 0.6 is 15.9 Å². The zero-order valence-electron chi connectivity index (χ0n) is 14.0. The van der Waals surface area contributed by atoms with Gasteiger partial charge in [0.05, 0.1) is 7.11 Å². The van der Waals surface area contributed by atoms with E-state index >= 15 is 0 Å². The quantitative estimate of drug-likeness (QED) is 0.497. The molecule has 2 N–H and O–H groups in total. The summed E-state index contributed by atoms with van der Waals surface area (Å²) in [6.45, 7) is 0. The van der Waals surface area contributed by atoms with Crippen LogP contribution in [0.25, 0.3) is 0 Å². The Morgan fingerprint density at radius 3 is 2.00 bits per heavy atom. The number of carbonyl (C=O) groups is 1. The predicted octanol–water partition coefficient (Wildman–Crippen LogP) is 4.52. The lowest BCUT2D eigenvalue weighted by molar-refractivity contribution is -0.294. The predicted molar refractivity (Wildman–Crippen MR) is 90.9 cm³/mol. The van der Waals surface area contributed by atoms with Gasteiger partial charge in [0.2, 0.25) is 0 Å². The molecule has 0 saturated heterocycles. The van der Waals surface area contributed by atoms with E-state index in [0.29, 0.717) is 4.47 Å². The molecule has 2 rings (SSSR count). The lowest BCUT2D eigenvalue weighted by Gasteiger charge is -2.38. The molecule has 0 unspecified atom stereocenters. The fourth-order valence-corrected chi connectivity index (χ4v) is 2.34. The van der Waals surface area contributed by atoms with Gasteiger partial charge in [-0.3, -0.25) is 4.79 Å². The van der Waals surface area contributed by atoms with E-state index in [1.807, 2.05) is 0 Å².